The topological polar surface area (TPSA) is 123 Å². The van der Waals surface area contributed by atoms with Crippen LogP contribution in [-0.2, 0) is 14.8 Å². The fourth-order valence-electron chi connectivity index (χ4n) is 2.41. The lowest BCUT2D eigenvalue weighted by atomic mass is 10.2. The highest BCUT2D eigenvalue weighted by molar-refractivity contribution is 7.92. The molecule has 1 aromatic carbocycles. The quantitative estimate of drug-likeness (QED) is 0.741. The number of benzene rings is 1. The van der Waals surface area contributed by atoms with E-state index in [1.165, 1.54) is 38.1 Å². The van der Waals surface area contributed by atoms with Gasteiger partial charge < -0.3 is 9.64 Å². The molecule has 0 radical (unpaired) electrons. The van der Waals surface area contributed by atoms with Gasteiger partial charge in [0.15, 0.2) is 5.69 Å². The van der Waals surface area contributed by atoms with Gasteiger partial charge in [0.05, 0.1) is 10.6 Å². The summed E-state index contributed by atoms with van der Waals surface area (Å²) in [7, 11) is -0.943. The van der Waals surface area contributed by atoms with Gasteiger partial charge in [-0.15, -0.1) is 0 Å². The third-order valence-corrected chi connectivity index (χ3v) is 5.22. The van der Waals surface area contributed by atoms with Crippen LogP contribution in [0.4, 0.5) is 10.7 Å². The first-order chi connectivity index (χ1) is 13.7. The maximum absolute atomic E-state index is 12.8. The Hall–Kier alpha value is -3.08. The Morgan fingerprint density at radius 3 is 2.17 bits per heavy atom. The standard InChI is InChI=1S/C19H27N5O5S/c1-12-8-10-14(11-9-12)30(27,28)22-17-20-15(16(25)23(6)7)13(2)24(17)21-18(26)29-19(3,4)5/h8-11H,1-7H3,(H,20,22)(H,21,26). The Balaban J connectivity index is 2.48. The SMILES string of the molecule is Cc1ccc(S(=O)(=O)Nc2nc(C(=O)N(C)C)c(C)n2NC(=O)OC(C)(C)C)cc1. The monoisotopic (exact) mass is 437 g/mol. The van der Waals surface area contributed by atoms with E-state index in [1.807, 2.05) is 6.92 Å². The molecule has 0 aliphatic carbocycles. The number of anilines is 1. The zero-order valence-corrected chi connectivity index (χ0v) is 18.9. The molecule has 0 saturated heterocycles. The van der Waals surface area contributed by atoms with Gasteiger partial charge in [-0.05, 0) is 46.8 Å². The highest BCUT2D eigenvalue weighted by Gasteiger charge is 2.27. The molecule has 2 aromatic rings. The van der Waals surface area contributed by atoms with Crippen LogP contribution in [0.3, 0.4) is 0 Å². The van der Waals surface area contributed by atoms with Crippen molar-refractivity contribution in [2.75, 3.05) is 24.2 Å². The van der Waals surface area contributed by atoms with E-state index in [0.29, 0.717) is 0 Å². The van der Waals surface area contributed by atoms with Crippen LogP contribution in [0.15, 0.2) is 29.2 Å². The Morgan fingerprint density at radius 2 is 1.67 bits per heavy atom. The van der Waals surface area contributed by atoms with Gasteiger partial charge in [-0.1, -0.05) is 17.7 Å². The second kappa shape index (κ2) is 8.34. The number of carbonyl (C=O) groups excluding carboxylic acids is 2. The van der Waals surface area contributed by atoms with Crippen LogP contribution in [0, 0.1) is 13.8 Å². The molecular formula is C19H27N5O5S. The Morgan fingerprint density at radius 1 is 1.10 bits per heavy atom. The number of imidazole rings is 1. The van der Waals surface area contributed by atoms with E-state index in [9.17, 15) is 18.0 Å². The minimum atomic E-state index is -4.02. The Labute approximate surface area is 176 Å². The molecule has 0 unspecified atom stereocenters. The van der Waals surface area contributed by atoms with E-state index in [4.69, 9.17) is 4.74 Å². The third-order valence-electron chi connectivity index (χ3n) is 3.88. The van der Waals surface area contributed by atoms with Gasteiger partial charge in [0.1, 0.15) is 5.60 Å². The molecule has 2 N–H and O–H groups in total. The molecule has 30 heavy (non-hydrogen) atoms. The smallest absolute Gasteiger partial charge is 0.427 e. The number of rotatable bonds is 5. The van der Waals surface area contributed by atoms with Gasteiger partial charge in [0.2, 0.25) is 5.95 Å². The summed E-state index contributed by atoms with van der Waals surface area (Å²) in [5, 5.41) is 0. The maximum atomic E-state index is 12.8. The molecule has 1 aromatic heterocycles. The molecule has 10 nitrogen and oxygen atoms in total. The van der Waals surface area contributed by atoms with Gasteiger partial charge in [-0.3, -0.25) is 4.79 Å². The molecule has 1 heterocycles. The third kappa shape index (κ3) is 5.50. The van der Waals surface area contributed by atoms with Crippen molar-refractivity contribution in [2.24, 2.45) is 0 Å². The van der Waals surface area contributed by atoms with Gasteiger partial charge in [0, 0.05) is 14.1 Å². The minimum absolute atomic E-state index is 0.0121. The highest BCUT2D eigenvalue weighted by atomic mass is 32.2. The molecule has 0 aliphatic rings. The Kier molecular flexibility index (Phi) is 6.45. The number of hydrogen-bond donors (Lipinski definition) is 2. The van der Waals surface area contributed by atoms with Crippen LogP contribution in [0.2, 0.25) is 0 Å². The number of nitrogens with zero attached hydrogens (tertiary/aromatic N) is 3. The van der Waals surface area contributed by atoms with Crippen molar-refractivity contribution in [3.05, 3.63) is 41.2 Å². The second-order valence-electron chi connectivity index (χ2n) is 7.94. The van der Waals surface area contributed by atoms with E-state index < -0.39 is 27.6 Å². The van der Waals surface area contributed by atoms with Crippen LogP contribution < -0.4 is 10.1 Å². The summed E-state index contributed by atoms with van der Waals surface area (Å²) < 4.78 is 34.2. The van der Waals surface area contributed by atoms with Crippen molar-refractivity contribution in [1.82, 2.24) is 14.6 Å². The molecule has 0 bridgehead atoms. The van der Waals surface area contributed by atoms with Crippen molar-refractivity contribution < 1.29 is 22.7 Å². The average molecular weight is 438 g/mol. The summed E-state index contributed by atoms with van der Waals surface area (Å²) in [4.78, 5) is 30.1. The van der Waals surface area contributed by atoms with Crippen LogP contribution >= 0.6 is 0 Å². The van der Waals surface area contributed by atoms with E-state index >= 15 is 0 Å². The first kappa shape index (κ1) is 23.2. The summed E-state index contributed by atoms with van der Waals surface area (Å²) in [5.74, 6) is -0.697. The van der Waals surface area contributed by atoms with E-state index in [0.717, 1.165) is 10.2 Å². The summed E-state index contributed by atoms with van der Waals surface area (Å²) in [6.45, 7) is 8.44. The minimum Gasteiger partial charge on any atom is -0.443 e. The number of nitrogens with one attached hydrogen (secondary N) is 2. The van der Waals surface area contributed by atoms with Gasteiger partial charge in [-0.25, -0.2) is 33.0 Å². The normalized spacial score (nSPS) is 11.7. The van der Waals surface area contributed by atoms with Crippen molar-refractivity contribution in [3.8, 4) is 0 Å². The molecule has 0 spiro atoms. The lowest BCUT2D eigenvalue weighted by Gasteiger charge is -2.21. The highest BCUT2D eigenvalue weighted by Crippen LogP contribution is 2.20. The predicted molar refractivity (Wildman–Crippen MR) is 113 cm³/mol. The lowest BCUT2D eigenvalue weighted by Crippen LogP contribution is -2.33. The molecule has 0 saturated carbocycles. The first-order valence-electron chi connectivity index (χ1n) is 9.12. The summed E-state index contributed by atoms with van der Waals surface area (Å²) in [6, 6.07) is 6.22. The Bertz CT molecular complexity index is 1050. The number of hydrogen-bond acceptors (Lipinski definition) is 6. The largest absolute Gasteiger partial charge is 0.443 e. The molecule has 0 aliphatic heterocycles. The van der Waals surface area contributed by atoms with Gasteiger partial charge >= 0.3 is 6.09 Å². The predicted octanol–water partition coefficient (Wildman–Crippen LogP) is 2.48. The lowest BCUT2D eigenvalue weighted by molar-refractivity contribution is 0.0612. The van der Waals surface area contributed by atoms with Crippen LogP contribution in [0.25, 0.3) is 0 Å². The molecule has 0 atom stereocenters. The average Bonchev–Trinajstić information content (AvgIpc) is 2.88. The summed E-state index contributed by atoms with van der Waals surface area (Å²) >= 11 is 0. The van der Waals surface area contributed by atoms with Crippen LogP contribution in [-0.4, -0.2) is 54.7 Å². The van der Waals surface area contributed by atoms with Gasteiger partial charge in [0.25, 0.3) is 15.9 Å². The zero-order valence-electron chi connectivity index (χ0n) is 18.1. The molecule has 0 fully saturated rings. The first-order valence-corrected chi connectivity index (χ1v) is 10.6. The molecular weight excluding hydrogens is 410 g/mol. The summed E-state index contributed by atoms with van der Waals surface area (Å²) in [5.41, 5.74) is 2.77. The van der Waals surface area contributed by atoms with E-state index in [1.54, 1.807) is 32.9 Å². The van der Waals surface area contributed by atoms with Crippen LogP contribution in [0.1, 0.15) is 42.5 Å². The van der Waals surface area contributed by atoms with E-state index in [-0.39, 0.29) is 22.2 Å². The zero-order chi connectivity index (χ0) is 22.9. The van der Waals surface area contributed by atoms with Crippen molar-refractivity contribution in [3.63, 3.8) is 0 Å². The number of carbonyl (C=O) groups is 2. The number of amides is 2. The number of aryl methyl sites for hydroxylation is 1. The van der Waals surface area contributed by atoms with Gasteiger partial charge in [-0.2, -0.15) is 0 Å². The molecule has 164 valence electrons. The molecule has 2 rings (SSSR count). The van der Waals surface area contributed by atoms with Crippen LogP contribution in [0.5, 0.6) is 0 Å². The van der Waals surface area contributed by atoms with Crippen molar-refractivity contribution >= 4 is 28.0 Å². The molecule has 2 amide bonds. The maximum Gasteiger partial charge on any atom is 0.427 e. The van der Waals surface area contributed by atoms with E-state index in [2.05, 4.69) is 15.1 Å². The molecule has 11 heteroatoms. The number of ether oxygens (including phenoxy) is 1. The number of aromatic nitrogens is 2. The second-order valence-corrected chi connectivity index (χ2v) is 9.62. The fraction of sp³-hybridized carbons (Fsp3) is 0.421. The summed E-state index contributed by atoms with van der Waals surface area (Å²) in [6.07, 6.45) is -0.831. The van der Waals surface area contributed by atoms with Crippen molar-refractivity contribution in [2.45, 2.75) is 45.1 Å². The van der Waals surface area contributed by atoms with Crippen molar-refractivity contribution in [1.29, 1.82) is 0 Å². The fourth-order valence-corrected chi connectivity index (χ4v) is 3.40. The number of sulfonamides is 1.